The molecule has 0 fully saturated rings. The maximum absolute atomic E-state index is 13.8. The van der Waals surface area contributed by atoms with E-state index in [9.17, 15) is 31.9 Å². The first-order chi connectivity index (χ1) is 13.8. The van der Waals surface area contributed by atoms with Gasteiger partial charge in [-0.05, 0) is 11.1 Å². The number of rotatable bonds is 5. The van der Waals surface area contributed by atoms with E-state index in [1.54, 1.807) is 36.4 Å². The summed E-state index contributed by atoms with van der Waals surface area (Å²) in [4.78, 5) is 12.7. The highest BCUT2D eigenvalue weighted by Gasteiger charge is 2.42. The van der Waals surface area contributed by atoms with Crippen molar-refractivity contribution in [3.8, 4) is 0 Å². The van der Waals surface area contributed by atoms with E-state index < -0.39 is 52.8 Å². The number of benzene rings is 3. The maximum Gasteiger partial charge on any atom is 0.348 e. The predicted octanol–water partition coefficient (Wildman–Crippen LogP) is 4.36. The van der Waals surface area contributed by atoms with Crippen LogP contribution in [0, 0.1) is 29.1 Å². The van der Waals surface area contributed by atoms with Gasteiger partial charge in [-0.1, -0.05) is 60.7 Å². The van der Waals surface area contributed by atoms with Gasteiger partial charge >= 0.3 is 5.97 Å². The first-order valence-electron chi connectivity index (χ1n) is 8.29. The molecule has 0 spiro atoms. The Morgan fingerprint density at radius 1 is 0.724 bits per heavy atom. The first kappa shape index (κ1) is 20.5. The normalized spacial score (nSPS) is 11.4. The summed E-state index contributed by atoms with van der Waals surface area (Å²) in [6.07, 6.45) is 0. The van der Waals surface area contributed by atoms with Crippen molar-refractivity contribution in [1.82, 2.24) is 0 Å². The van der Waals surface area contributed by atoms with E-state index in [1.807, 2.05) is 0 Å². The first-order valence-corrected chi connectivity index (χ1v) is 8.29. The molecule has 29 heavy (non-hydrogen) atoms. The Hall–Kier alpha value is -3.26. The molecular weight excluding hydrogens is 395 g/mol. The Bertz CT molecular complexity index is 971. The van der Waals surface area contributed by atoms with Crippen LogP contribution in [0.25, 0.3) is 0 Å². The molecule has 0 heterocycles. The molecule has 8 heteroatoms. The van der Waals surface area contributed by atoms with Crippen LogP contribution in [0.3, 0.4) is 0 Å². The highest BCUT2D eigenvalue weighted by atomic mass is 19.2. The number of hydrogen-bond acceptors (Lipinski definition) is 3. The zero-order valence-corrected chi connectivity index (χ0v) is 14.6. The lowest BCUT2D eigenvalue weighted by Crippen LogP contribution is -2.38. The van der Waals surface area contributed by atoms with Crippen LogP contribution in [-0.2, 0) is 21.7 Å². The molecule has 0 bridgehead atoms. The van der Waals surface area contributed by atoms with Gasteiger partial charge in [0, 0.05) is 0 Å². The number of esters is 1. The van der Waals surface area contributed by atoms with Crippen molar-refractivity contribution < 1.29 is 36.6 Å². The second-order valence-electron chi connectivity index (χ2n) is 6.07. The molecule has 0 radical (unpaired) electrons. The summed E-state index contributed by atoms with van der Waals surface area (Å²) in [7, 11) is 0. The molecule has 0 aliphatic rings. The molecule has 3 rings (SSSR count). The fraction of sp³-hybridized carbons (Fsp3) is 0.0952. The van der Waals surface area contributed by atoms with E-state index >= 15 is 0 Å². The van der Waals surface area contributed by atoms with E-state index in [0.717, 1.165) is 0 Å². The van der Waals surface area contributed by atoms with Crippen molar-refractivity contribution in [1.29, 1.82) is 0 Å². The van der Waals surface area contributed by atoms with E-state index in [4.69, 9.17) is 4.74 Å². The van der Waals surface area contributed by atoms with Crippen molar-refractivity contribution in [3.05, 3.63) is 106 Å². The van der Waals surface area contributed by atoms with Crippen LogP contribution in [0.4, 0.5) is 22.0 Å². The van der Waals surface area contributed by atoms with Crippen molar-refractivity contribution >= 4 is 5.97 Å². The largest absolute Gasteiger partial charge is 0.458 e. The zero-order valence-electron chi connectivity index (χ0n) is 14.6. The number of carbonyl (C=O) groups excluding carboxylic acids is 1. The highest BCUT2D eigenvalue weighted by Crippen LogP contribution is 2.32. The van der Waals surface area contributed by atoms with Crippen LogP contribution in [0.15, 0.2) is 60.7 Å². The minimum Gasteiger partial charge on any atom is -0.458 e. The third-order valence-corrected chi connectivity index (χ3v) is 4.33. The van der Waals surface area contributed by atoms with Crippen LogP contribution in [0.5, 0.6) is 0 Å². The van der Waals surface area contributed by atoms with Crippen molar-refractivity contribution in [2.75, 3.05) is 0 Å². The van der Waals surface area contributed by atoms with E-state index in [1.165, 1.54) is 24.3 Å². The van der Waals surface area contributed by atoms with Gasteiger partial charge in [-0.3, -0.25) is 0 Å². The van der Waals surface area contributed by atoms with Crippen LogP contribution < -0.4 is 0 Å². The van der Waals surface area contributed by atoms with Crippen molar-refractivity contribution in [2.24, 2.45) is 0 Å². The number of ether oxygens (including phenoxy) is 1. The van der Waals surface area contributed by atoms with Gasteiger partial charge in [0.2, 0.25) is 11.4 Å². The molecule has 0 aliphatic heterocycles. The Kier molecular flexibility index (Phi) is 5.65. The highest BCUT2D eigenvalue weighted by molar-refractivity contribution is 5.85. The van der Waals surface area contributed by atoms with Gasteiger partial charge in [-0.15, -0.1) is 0 Å². The third kappa shape index (κ3) is 3.58. The predicted molar refractivity (Wildman–Crippen MR) is 91.9 cm³/mol. The van der Waals surface area contributed by atoms with E-state index in [-0.39, 0.29) is 11.1 Å². The van der Waals surface area contributed by atoms with E-state index in [0.29, 0.717) is 0 Å². The average Bonchev–Trinajstić information content (AvgIpc) is 2.76. The fourth-order valence-electron chi connectivity index (χ4n) is 2.78. The molecule has 3 nitrogen and oxygen atoms in total. The lowest BCUT2D eigenvalue weighted by Gasteiger charge is -2.27. The van der Waals surface area contributed by atoms with Gasteiger partial charge in [0.1, 0.15) is 6.61 Å². The minimum atomic E-state index is -2.37. The topological polar surface area (TPSA) is 46.5 Å². The van der Waals surface area contributed by atoms with Crippen LogP contribution >= 0.6 is 0 Å². The summed E-state index contributed by atoms with van der Waals surface area (Å²) in [5.74, 6) is -12.2. The molecular formula is C21H13F5O3. The molecule has 3 aromatic carbocycles. The molecule has 3 aromatic rings. The number of carbonyl (C=O) groups is 1. The third-order valence-electron chi connectivity index (χ3n) is 4.33. The van der Waals surface area contributed by atoms with E-state index in [2.05, 4.69) is 0 Å². The van der Waals surface area contributed by atoms with Crippen LogP contribution in [-0.4, -0.2) is 11.1 Å². The lowest BCUT2D eigenvalue weighted by molar-refractivity contribution is -0.163. The summed E-state index contributed by atoms with van der Waals surface area (Å²) in [5.41, 5.74) is -3.51. The minimum absolute atomic E-state index is 0.0913. The van der Waals surface area contributed by atoms with Gasteiger partial charge in [0.05, 0.1) is 5.56 Å². The summed E-state index contributed by atoms with van der Waals surface area (Å²) in [5, 5.41) is 11.1. The Morgan fingerprint density at radius 3 is 1.52 bits per heavy atom. The maximum atomic E-state index is 13.8. The van der Waals surface area contributed by atoms with Crippen molar-refractivity contribution in [2.45, 2.75) is 12.2 Å². The Labute approximate surface area is 162 Å². The second kappa shape index (κ2) is 8.00. The molecule has 0 saturated heterocycles. The lowest BCUT2D eigenvalue weighted by atomic mass is 9.86. The standard InChI is InChI=1S/C21H13F5O3/c22-15-14(16(23)18(25)19(26)17(15)24)11-29-20(27)21(28,12-7-3-1-4-8-12)13-9-5-2-6-10-13/h1-10,28H,11H2. The monoisotopic (exact) mass is 408 g/mol. The van der Waals surface area contributed by atoms with Crippen LogP contribution in [0.1, 0.15) is 16.7 Å². The number of aliphatic hydroxyl groups is 1. The van der Waals surface area contributed by atoms with Gasteiger partial charge in [-0.25, -0.2) is 26.7 Å². The van der Waals surface area contributed by atoms with Crippen LogP contribution in [0.2, 0.25) is 0 Å². The summed E-state index contributed by atoms with van der Waals surface area (Å²) >= 11 is 0. The van der Waals surface area contributed by atoms with Gasteiger partial charge in [0.15, 0.2) is 23.3 Å². The smallest absolute Gasteiger partial charge is 0.348 e. The van der Waals surface area contributed by atoms with Crippen molar-refractivity contribution in [3.63, 3.8) is 0 Å². The molecule has 0 aromatic heterocycles. The summed E-state index contributed by atoms with van der Waals surface area (Å²) in [6, 6.07) is 15.1. The second-order valence-corrected chi connectivity index (χ2v) is 6.07. The molecule has 0 aliphatic carbocycles. The SMILES string of the molecule is O=C(OCc1c(F)c(F)c(F)c(F)c1F)C(O)(c1ccccc1)c1ccccc1. The Balaban J connectivity index is 1.98. The molecule has 0 saturated carbocycles. The number of halogens is 5. The number of hydrogen-bond donors (Lipinski definition) is 1. The molecule has 150 valence electrons. The molecule has 1 N–H and O–H groups in total. The van der Waals surface area contributed by atoms with Gasteiger partial charge in [0.25, 0.3) is 0 Å². The molecule has 0 unspecified atom stereocenters. The molecule has 0 atom stereocenters. The average molecular weight is 408 g/mol. The summed E-state index contributed by atoms with van der Waals surface area (Å²) < 4.78 is 72.3. The quantitative estimate of drug-likeness (QED) is 0.295. The fourth-order valence-corrected chi connectivity index (χ4v) is 2.78. The van der Waals surface area contributed by atoms with Gasteiger partial charge < -0.3 is 9.84 Å². The van der Waals surface area contributed by atoms with Gasteiger partial charge in [-0.2, -0.15) is 0 Å². The Morgan fingerprint density at radius 2 is 1.10 bits per heavy atom. The zero-order chi connectivity index (χ0) is 21.2. The summed E-state index contributed by atoms with van der Waals surface area (Å²) in [6.45, 7) is -1.27. The molecule has 0 amide bonds.